The summed E-state index contributed by atoms with van der Waals surface area (Å²) in [5.41, 5.74) is 1.26. The molecule has 0 saturated heterocycles. The molecule has 2 aromatic rings. The van der Waals surface area contributed by atoms with Crippen molar-refractivity contribution in [1.82, 2.24) is 0 Å². The molecule has 0 aliphatic heterocycles. The molecule has 8 nitrogen and oxygen atoms in total. The van der Waals surface area contributed by atoms with E-state index in [1.807, 2.05) is 6.07 Å². The van der Waals surface area contributed by atoms with Gasteiger partial charge in [-0.1, -0.05) is 25.5 Å². The Morgan fingerprint density at radius 3 is 2.84 bits per heavy atom. The molecule has 1 aromatic carbocycles. The molecular weight excluding hydrogens is 430 g/mol. The maximum Gasteiger partial charge on any atom is 0.341 e. The van der Waals surface area contributed by atoms with Crippen LogP contribution in [-0.4, -0.2) is 23.4 Å². The zero-order chi connectivity index (χ0) is 23.3. The van der Waals surface area contributed by atoms with Gasteiger partial charge in [0.15, 0.2) is 0 Å². The van der Waals surface area contributed by atoms with Gasteiger partial charge in [0.1, 0.15) is 16.6 Å². The molecule has 0 fully saturated rings. The summed E-state index contributed by atoms with van der Waals surface area (Å²) in [4.78, 5) is 37.0. The van der Waals surface area contributed by atoms with E-state index < -0.39 is 16.8 Å². The van der Waals surface area contributed by atoms with Gasteiger partial charge in [-0.2, -0.15) is 5.26 Å². The van der Waals surface area contributed by atoms with E-state index in [0.717, 1.165) is 36.1 Å². The lowest BCUT2D eigenvalue weighted by Crippen LogP contribution is -2.17. The van der Waals surface area contributed by atoms with Crippen molar-refractivity contribution in [3.8, 4) is 6.07 Å². The highest BCUT2D eigenvalue weighted by molar-refractivity contribution is 7.17. The van der Waals surface area contributed by atoms with Gasteiger partial charge in [0.2, 0.25) is 0 Å². The van der Waals surface area contributed by atoms with Crippen molar-refractivity contribution in [2.24, 2.45) is 5.92 Å². The number of nitriles is 1. The molecule has 166 valence electrons. The van der Waals surface area contributed by atoms with Crippen molar-refractivity contribution >= 4 is 40.0 Å². The summed E-state index contributed by atoms with van der Waals surface area (Å²) in [7, 11) is 0. The van der Waals surface area contributed by atoms with Crippen LogP contribution >= 0.6 is 11.3 Å². The molecule has 1 aromatic heterocycles. The molecule has 1 unspecified atom stereocenters. The summed E-state index contributed by atoms with van der Waals surface area (Å²) < 4.78 is 5.22. The van der Waals surface area contributed by atoms with Gasteiger partial charge in [-0.25, -0.2) is 4.79 Å². The number of nitro benzene ring substituents is 1. The molecule has 9 heteroatoms. The molecule has 1 heterocycles. The SMILES string of the molecule is CCOC(=O)c1c(NC(=O)/C(C#N)=C/c2cccc([N+](=O)[O-])c2)sc2c1CCC(CC)C2. The average molecular weight is 454 g/mol. The number of benzene rings is 1. The summed E-state index contributed by atoms with van der Waals surface area (Å²) in [6.07, 6.45) is 4.87. The standard InChI is InChI=1S/C23H23N3O5S/c1-3-14-8-9-18-19(12-14)32-22(20(18)23(28)31-4-2)25-21(27)16(13-24)10-15-6-5-7-17(11-15)26(29)30/h5-7,10-11,14H,3-4,8-9,12H2,1-2H3,(H,25,27)/b16-10+. The second-order valence-electron chi connectivity index (χ2n) is 7.42. The van der Waals surface area contributed by atoms with E-state index in [2.05, 4.69) is 12.2 Å². The van der Waals surface area contributed by atoms with Gasteiger partial charge < -0.3 is 10.1 Å². The summed E-state index contributed by atoms with van der Waals surface area (Å²) in [5, 5.41) is 23.6. The van der Waals surface area contributed by atoms with Gasteiger partial charge in [-0.15, -0.1) is 11.3 Å². The van der Waals surface area contributed by atoms with Crippen molar-refractivity contribution < 1.29 is 19.2 Å². The van der Waals surface area contributed by atoms with Crippen LogP contribution in [0.15, 0.2) is 29.8 Å². The second kappa shape index (κ2) is 10.2. The Morgan fingerprint density at radius 2 is 2.19 bits per heavy atom. The van der Waals surface area contributed by atoms with Crippen molar-refractivity contribution in [1.29, 1.82) is 5.26 Å². The van der Waals surface area contributed by atoms with Crippen LogP contribution in [0.3, 0.4) is 0 Å². The number of nitro groups is 1. The van der Waals surface area contributed by atoms with Crippen LogP contribution in [0.1, 0.15) is 53.1 Å². The van der Waals surface area contributed by atoms with Crippen LogP contribution in [0.5, 0.6) is 0 Å². The summed E-state index contributed by atoms with van der Waals surface area (Å²) >= 11 is 1.35. The number of carbonyl (C=O) groups excluding carboxylic acids is 2. The number of ether oxygens (including phenoxy) is 1. The number of esters is 1. The highest BCUT2D eigenvalue weighted by Gasteiger charge is 2.30. The molecule has 3 rings (SSSR count). The van der Waals surface area contributed by atoms with Gasteiger partial charge in [0, 0.05) is 17.0 Å². The predicted molar refractivity (Wildman–Crippen MR) is 121 cm³/mol. The predicted octanol–water partition coefficient (Wildman–Crippen LogP) is 4.89. The smallest absolute Gasteiger partial charge is 0.341 e. The Kier molecular flexibility index (Phi) is 7.38. The zero-order valence-corrected chi connectivity index (χ0v) is 18.7. The fraction of sp³-hybridized carbons (Fsp3) is 0.348. The fourth-order valence-electron chi connectivity index (χ4n) is 3.72. The first-order chi connectivity index (χ1) is 15.4. The third-order valence-corrected chi connectivity index (χ3v) is 6.58. The molecule has 1 aliphatic rings. The molecule has 0 saturated carbocycles. The lowest BCUT2D eigenvalue weighted by Gasteiger charge is -2.20. The Bertz CT molecular complexity index is 1130. The normalized spacial score (nSPS) is 15.4. The topological polar surface area (TPSA) is 122 Å². The van der Waals surface area contributed by atoms with Gasteiger partial charge >= 0.3 is 5.97 Å². The highest BCUT2D eigenvalue weighted by Crippen LogP contribution is 2.41. The number of anilines is 1. The lowest BCUT2D eigenvalue weighted by atomic mass is 9.85. The van der Waals surface area contributed by atoms with Crippen LogP contribution in [0, 0.1) is 27.4 Å². The van der Waals surface area contributed by atoms with Crippen LogP contribution in [0.25, 0.3) is 6.08 Å². The molecular formula is C23H23N3O5S. The van der Waals surface area contributed by atoms with E-state index in [9.17, 15) is 25.0 Å². The van der Waals surface area contributed by atoms with Crippen molar-refractivity contribution in [3.63, 3.8) is 0 Å². The molecule has 0 bridgehead atoms. The molecule has 32 heavy (non-hydrogen) atoms. The highest BCUT2D eigenvalue weighted by atomic mass is 32.1. The van der Waals surface area contributed by atoms with Gasteiger partial charge in [0.25, 0.3) is 11.6 Å². The van der Waals surface area contributed by atoms with E-state index >= 15 is 0 Å². The number of fused-ring (bicyclic) bond motifs is 1. The number of carbonyl (C=O) groups is 2. The minimum absolute atomic E-state index is 0.141. The van der Waals surface area contributed by atoms with Gasteiger partial charge in [-0.3, -0.25) is 14.9 Å². The molecule has 1 N–H and O–H groups in total. The van der Waals surface area contributed by atoms with E-state index in [4.69, 9.17) is 4.74 Å². The fourth-order valence-corrected chi connectivity index (χ4v) is 5.07. The summed E-state index contributed by atoms with van der Waals surface area (Å²) in [6.45, 7) is 4.07. The molecule has 1 amide bonds. The third kappa shape index (κ3) is 5.03. The van der Waals surface area contributed by atoms with E-state index in [-0.39, 0.29) is 17.9 Å². The van der Waals surface area contributed by atoms with E-state index in [1.54, 1.807) is 13.0 Å². The number of amides is 1. The van der Waals surface area contributed by atoms with E-state index in [1.165, 1.54) is 35.6 Å². The zero-order valence-electron chi connectivity index (χ0n) is 17.8. The van der Waals surface area contributed by atoms with Crippen molar-refractivity contribution in [2.45, 2.75) is 39.5 Å². The number of hydrogen-bond acceptors (Lipinski definition) is 7. The van der Waals surface area contributed by atoms with Crippen LogP contribution in [-0.2, 0) is 22.4 Å². The quantitative estimate of drug-likeness (QED) is 0.209. The number of hydrogen-bond donors (Lipinski definition) is 1. The Labute approximate surface area is 189 Å². The molecule has 0 radical (unpaired) electrons. The summed E-state index contributed by atoms with van der Waals surface area (Å²) in [5.74, 6) is -0.644. The molecule has 1 aliphatic carbocycles. The first-order valence-electron chi connectivity index (χ1n) is 10.4. The minimum atomic E-state index is -0.685. The first-order valence-corrected chi connectivity index (χ1v) is 11.2. The monoisotopic (exact) mass is 453 g/mol. The number of nitrogens with one attached hydrogen (secondary N) is 1. The Balaban J connectivity index is 1.93. The van der Waals surface area contributed by atoms with Crippen LogP contribution < -0.4 is 5.32 Å². The molecule has 1 atom stereocenters. The average Bonchev–Trinajstić information content (AvgIpc) is 3.14. The maximum absolute atomic E-state index is 12.9. The number of non-ortho nitro benzene ring substituents is 1. The van der Waals surface area contributed by atoms with Crippen LogP contribution in [0.4, 0.5) is 10.7 Å². The van der Waals surface area contributed by atoms with Crippen molar-refractivity contribution in [3.05, 3.63) is 61.5 Å². The summed E-state index contributed by atoms with van der Waals surface area (Å²) in [6, 6.07) is 7.49. The maximum atomic E-state index is 12.9. The van der Waals surface area contributed by atoms with E-state index in [0.29, 0.717) is 22.0 Å². The number of thiophene rings is 1. The number of rotatable bonds is 7. The van der Waals surface area contributed by atoms with Gasteiger partial charge in [0.05, 0.1) is 17.1 Å². The minimum Gasteiger partial charge on any atom is -0.462 e. The first kappa shape index (κ1) is 23.2. The Morgan fingerprint density at radius 1 is 1.41 bits per heavy atom. The van der Waals surface area contributed by atoms with Gasteiger partial charge in [-0.05, 0) is 49.3 Å². The second-order valence-corrected chi connectivity index (χ2v) is 8.53. The Hall–Kier alpha value is -3.51. The molecule has 0 spiro atoms. The van der Waals surface area contributed by atoms with Crippen LogP contribution in [0.2, 0.25) is 0 Å². The largest absolute Gasteiger partial charge is 0.462 e. The van der Waals surface area contributed by atoms with Crippen molar-refractivity contribution in [2.75, 3.05) is 11.9 Å². The lowest BCUT2D eigenvalue weighted by molar-refractivity contribution is -0.384. The third-order valence-electron chi connectivity index (χ3n) is 5.41. The number of nitrogens with zero attached hydrogens (tertiary/aromatic N) is 2.